The van der Waals surface area contributed by atoms with Crippen LogP contribution in [-0.4, -0.2) is 5.11 Å². The molecule has 1 heteroatoms. The maximum Gasteiger partial charge on any atom is 0.121 e. The van der Waals surface area contributed by atoms with Gasteiger partial charge >= 0.3 is 0 Å². The molecule has 1 nitrogen and oxygen atoms in total. The molecule has 0 aliphatic heterocycles. The topological polar surface area (TPSA) is 20.2 Å². The van der Waals surface area contributed by atoms with Crippen molar-refractivity contribution in [3.05, 3.63) is 70.8 Å². The molecular formula is C17H18O. The zero-order valence-electron chi connectivity index (χ0n) is 10.9. The van der Waals surface area contributed by atoms with Crippen LogP contribution in [0.1, 0.15) is 22.3 Å². The van der Waals surface area contributed by atoms with E-state index in [4.69, 9.17) is 0 Å². The quantitative estimate of drug-likeness (QED) is 0.846. The van der Waals surface area contributed by atoms with Gasteiger partial charge in [-0.15, -0.1) is 0 Å². The monoisotopic (exact) mass is 238 g/mol. The van der Waals surface area contributed by atoms with Crippen LogP contribution in [0.5, 0.6) is 5.75 Å². The number of aromatic hydroxyl groups is 1. The van der Waals surface area contributed by atoms with Gasteiger partial charge in [-0.2, -0.15) is 0 Å². The lowest BCUT2D eigenvalue weighted by Crippen LogP contribution is -1.84. The van der Waals surface area contributed by atoms with Crippen molar-refractivity contribution < 1.29 is 5.11 Å². The molecule has 0 aliphatic carbocycles. The van der Waals surface area contributed by atoms with Crippen LogP contribution in [0.15, 0.2) is 48.5 Å². The van der Waals surface area contributed by atoms with Crippen molar-refractivity contribution in [2.45, 2.75) is 20.3 Å². The molecule has 92 valence electrons. The van der Waals surface area contributed by atoms with E-state index in [1.165, 1.54) is 5.56 Å². The van der Waals surface area contributed by atoms with Crippen LogP contribution in [0.25, 0.3) is 6.08 Å². The van der Waals surface area contributed by atoms with Crippen LogP contribution in [0.2, 0.25) is 0 Å². The van der Waals surface area contributed by atoms with E-state index < -0.39 is 0 Å². The highest BCUT2D eigenvalue weighted by molar-refractivity contribution is 5.56. The summed E-state index contributed by atoms with van der Waals surface area (Å²) < 4.78 is 0. The third-order valence-electron chi connectivity index (χ3n) is 3.02. The maximum atomic E-state index is 9.71. The van der Waals surface area contributed by atoms with E-state index >= 15 is 0 Å². The van der Waals surface area contributed by atoms with E-state index in [-0.39, 0.29) is 0 Å². The normalized spacial score (nSPS) is 11.0. The van der Waals surface area contributed by atoms with Gasteiger partial charge in [0.05, 0.1) is 0 Å². The zero-order valence-corrected chi connectivity index (χ0v) is 10.9. The first-order chi connectivity index (χ1) is 8.66. The summed E-state index contributed by atoms with van der Waals surface area (Å²) in [5, 5.41) is 9.71. The second kappa shape index (κ2) is 5.54. The lowest BCUT2D eigenvalue weighted by Gasteiger charge is -2.04. The Hall–Kier alpha value is -2.02. The Morgan fingerprint density at radius 3 is 2.22 bits per heavy atom. The first kappa shape index (κ1) is 12.4. The van der Waals surface area contributed by atoms with Crippen molar-refractivity contribution in [2.24, 2.45) is 0 Å². The van der Waals surface area contributed by atoms with Gasteiger partial charge in [-0.05, 0) is 54.7 Å². The number of phenols is 1. The zero-order chi connectivity index (χ0) is 13.0. The number of aryl methyl sites for hydroxylation is 2. The van der Waals surface area contributed by atoms with Crippen molar-refractivity contribution in [1.82, 2.24) is 0 Å². The van der Waals surface area contributed by atoms with Gasteiger partial charge in [0, 0.05) is 0 Å². The van der Waals surface area contributed by atoms with Crippen LogP contribution < -0.4 is 0 Å². The largest absolute Gasteiger partial charge is 0.507 e. The molecule has 0 saturated carbocycles. The lowest BCUT2D eigenvalue weighted by atomic mass is 10.0. The first-order valence-electron chi connectivity index (χ1n) is 6.17. The molecule has 0 aromatic heterocycles. The fourth-order valence-corrected chi connectivity index (χ4v) is 2.03. The molecule has 18 heavy (non-hydrogen) atoms. The molecule has 0 aliphatic rings. The number of hydrogen-bond acceptors (Lipinski definition) is 1. The minimum absolute atomic E-state index is 0.398. The highest BCUT2D eigenvalue weighted by Gasteiger charge is 2.00. The molecular weight excluding hydrogens is 220 g/mol. The number of rotatable bonds is 3. The molecule has 0 radical (unpaired) electrons. The lowest BCUT2D eigenvalue weighted by molar-refractivity contribution is 0.467. The summed E-state index contributed by atoms with van der Waals surface area (Å²) in [7, 11) is 0. The summed E-state index contributed by atoms with van der Waals surface area (Å²) in [6.45, 7) is 3.85. The van der Waals surface area contributed by atoms with E-state index in [1.807, 2.05) is 32.0 Å². The minimum Gasteiger partial charge on any atom is -0.507 e. The summed E-state index contributed by atoms with van der Waals surface area (Å²) in [5.41, 5.74) is 4.29. The Bertz CT molecular complexity index is 530. The van der Waals surface area contributed by atoms with Gasteiger partial charge in [0.25, 0.3) is 0 Å². The Morgan fingerprint density at radius 2 is 1.61 bits per heavy atom. The van der Waals surface area contributed by atoms with Crippen LogP contribution in [0, 0.1) is 13.8 Å². The number of hydrogen-bond donors (Lipinski definition) is 1. The van der Waals surface area contributed by atoms with Crippen molar-refractivity contribution >= 4 is 6.08 Å². The maximum absolute atomic E-state index is 9.71. The van der Waals surface area contributed by atoms with Crippen molar-refractivity contribution in [3.63, 3.8) is 0 Å². The van der Waals surface area contributed by atoms with Gasteiger partial charge in [-0.25, -0.2) is 0 Å². The van der Waals surface area contributed by atoms with E-state index in [2.05, 4.69) is 36.4 Å². The fourth-order valence-electron chi connectivity index (χ4n) is 2.03. The van der Waals surface area contributed by atoms with E-state index in [0.717, 1.165) is 23.1 Å². The van der Waals surface area contributed by atoms with Gasteiger partial charge < -0.3 is 5.11 Å². The Labute approximate surface area is 108 Å². The van der Waals surface area contributed by atoms with E-state index in [9.17, 15) is 5.11 Å². The number of phenolic OH excluding ortho intramolecular Hbond substituents is 1. The molecule has 0 bridgehead atoms. The van der Waals surface area contributed by atoms with Crippen LogP contribution in [0.3, 0.4) is 0 Å². The SMILES string of the molecule is Cc1cc(/C=C/Cc2ccccc2)cc(C)c1O. The number of allylic oxidation sites excluding steroid dienone is 1. The van der Waals surface area contributed by atoms with Crippen molar-refractivity contribution in [2.75, 3.05) is 0 Å². The van der Waals surface area contributed by atoms with Gasteiger partial charge in [-0.3, -0.25) is 0 Å². The average Bonchev–Trinajstić information content (AvgIpc) is 2.37. The van der Waals surface area contributed by atoms with Gasteiger partial charge in [0.15, 0.2) is 0 Å². The highest BCUT2D eigenvalue weighted by atomic mass is 16.3. The standard InChI is InChI=1S/C17H18O/c1-13-11-16(12-14(2)17(13)18)10-6-9-15-7-4-3-5-8-15/h3-8,10-12,18H,9H2,1-2H3/b10-6+. The third kappa shape index (κ3) is 3.01. The molecule has 0 fully saturated rings. The van der Waals surface area contributed by atoms with Gasteiger partial charge in [0.2, 0.25) is 0 Å². The van der Waals surface area contributed by atoms with Crippen LogP contribution in [0.4, 0.5) is 0 Å². The third-order valence-corrected chi connectivity index (χ3v) is 3.02. The Morgan fingerprint density at radius 1 is 1.00 bits per heavy atom. The summed E-state index contributed by atoms with van der Waals surface area (Å²) in [6, 6.07) is 14.4. The van der Waals surface area contributed by atoms with E-state index in [0.29, 0.717) is 5.75 Å². The average molecular weight is 238 g/mol. The molecule has 0 saturated heterocycles. The summed E-state index contributed by atoms with van der Waals surface area (Å²) in [4.78, 5) is 0. The molecule has 0 amide bonds. The predicted octanol–water partition coefficient (Wildman–Crippen LogP) is 4.26. The van der Waals surface area contributed by atoms with E-state index in [1.54, 1.807) is 0 Å². The van der Waals surface area contributed by atoms with Gasteiger partial charge in [-0.1, -0.05) is 42.5 Å². The molecule has 1 N–H and O–H groups in total. The first-order valence-corrected chi connectivity index (χ1v) is 6.17. The Balaban J connectivity index is 2.10. The summed E-state index contributed by atoms with van der Waals surface area (Å²) >= 11 is 0. The molecule has 2 rings (SSSR count). The molecule has 0 heterocycles. The Kier molecular flexibility index (Phi) is 3.83. The van der Waals surface area contributed by atoms with Crippen molar-refractivity contribution in [1.29, 1.82) is 0 Å². The van der Waals surface area contributed by atoms with Crippen LogP contribution >= 0.6 is 0 Å². The minimum atomic E-state index is 0.398. The smallest absolute Gasteiger partial charge is 0.121 e. The van der Waals surface area contributed by atoms with Crippen LogP contribution in [-0.2, 0) is 6.42 Å². The molecule has 0 unspecified atom stereocenters. The second-order valence-corrected chi connectivity index (χ2v) is 4.60. The van der Waals surface area contributed by atoms with Gasteiger partial charge in [0.1, 0.15) is 5.75 Å². The predicted molar refractivity (Wildman–Crippen MR) is 76.8 cm³/mol. The second-order valence-electron chi connectivity index (χ2n) is 4.60. The summed E-state index contributed by atoms with van der Waals surface area (Å²) in [6.07, 6.45) is 5.19. The molecule has 2 aromatic carbocycles. The fraction of sp³-hybridized carbons (Fsp3) is 0.176. The number of benzene rings is 2. The molecule has 0 atom stereocenters. The van der Waals surface area contributed by atoms with Crippen molar-refractivity contribution in [3.8, 4) is 5.75 Å². The molecule has 0 spiro atoms. The highest BCUT2D eigenvalue weighted by Crippen LogP contribution is 2.23. The summed E-state index contributed by atoms with van der Waals surface area (Å²) in [5.74, 6) is 0.398. The molecule has 2 aromatic rings.